The van der Waals surface area contributed by atoms with E-state index in [1.54, 1.807) is 0 Å². The molecule has 4 heteroatoms. The number of anilines is 2. The van der Waals surface area contributed by atoms with Crippen LogP contribution in [0.2, 0.25) is 0 Å². The van der Waals surface area contributed by atoms with E-state index < -0.39 is 5.60 Å². The van der Waals surface area contributed by atoms with Gasteiger partial charge in [-0.1, -0.05) is 0 Å². The molecule has 1 saturated heterocycles. The molecule has 94 valence electrons. The average molecular weight is 235 g/mol. The summed E-state index contributed by atoms with van der Waals surface area (Å²) in [5.74, 6) is 0.860. The van der Waals surface area contributed by atoms with Crippen molar-refractivity contribution in [2.45, 2.75) is 32.3 Å². The van der Waals surface area contributed by atoms with Crippen LogP contribution in [-0.4, -0.2) is 28.8 Å². The van der Waals surface area contributed by atoms with Crippen molar-refractivity contribution in [2.24, 2.45) is 5.92 Å². The summed E-state index contributed by atoms with van der Waals surface area (Å²) in [6.45, 7) is 5.69. The van der Waals surface area contributed by atoms with E-state index in [4.69, 9.17) is 5.73 Å². The van der Waals surface area contributed by atoms with Crippen molar-refractivity contribution >= 4 is 11.5 Å². The third-order valence-electron chi connectivity index (χ3n) is 3.56. The molecule has 1 atom stereocenters. The third-order valence-corrected chi connectivity index (χ3v) is 3.56. The fraction of sp³-hybridized carbons (Fsp3) is 0.615. The van der Waals surface area contributed by atoms with Crippen LogP contribution in [0.4, 0.5) is 11.5 Å². The van der Waals surface area contributed by atoms with Crippen molar-refractivity contribution < 1.29 is 5.11 Å². The Morgan fingerprint density at radius 3 is 2.82 bits per heavy atom. The molecule has 0 unspecified atom stereocenters. The maximum absolute atomic E-state index is 10.1. The van der Waals surface area contributed by atoms with Gasteiger partial charge >= 0.3 is 0 Å². The molecule has 2 heterocycles. The van der Waals surface area contributed by atoms with Crippen molar-refractivity contribution in [3.05, 3.63) is 18.3 Å². The van der Waals surface area contributed by atoms with Crippen LogP contribution in [0, 0.1) is 5.92 Å². The summed E-state index contributed by atoms with van der Waals surface area (Å²) in [5.41, 5.74) is 6.06. The van der Waals surface area contributed by atoms with Gasteiger partial charge in [0.1, 0.15) is 5.82 Å². The largest absolute Gasteiger partial charge is 0.390 e. The number of pyridine rings is 1. The number of hydrogen-bond acceptors (Lipinski definition) is 4. The topological polar surface area (TPSA) is 62.4 Å². The zero-order valence-electron chi connectivity index (χ0n) is 10.6. The normalized spacial score (nSPS) is 21.6. The van der Waals surface area contributed by atoms with Crippen LogP contribution in [-0.2, 0) is 0 Å². The average Bonchev–Trinajstić information content (AvgIpc) is 2.29. The van der Waals surface area contributed by atoms with Gasteiger partial charge in [0, 0.05) is 19.0 Å². The molecular weight excluding hydrogens is 214 g/mol. The number of aromatic nitrogens is 1. The van der Waals surface area contributed by atoms with E-state index in [0.29, 0.717) is 11.7 Å². The predicted molar refractivity (Wildman–Crippen MR) is 69.9 cm³/mol. The molecule has 2 rings (SSSR count). The molecule has 17 heavy (non-hydrogen) atoms. The van der Waals surface area contributed by atoms with Crippen LogP contribution >= 0.6 is 0 Å². The van der Waals surface area contributed by atoms with Crippen LogP contribution in [0.5, 0.6) is 0 Å². The van der Waals surface area contributed by atoms with Gasteiger partial charge in [-0.2, -0.15) is 0 Å². The van der Waals surface area contributed by atoms with Crippen molar-refractivity contribution in [3.8, 4) is 0 Å². The number of nitrogens with zero attached hydrogens (tertiary/aromatic N) is 2. The maximum atomic E-state index is 10.1. The zero-order chi connectivity index (χ0) is 12.5. The molecule has 1 aliphatic heterocycles. The molecule has 0 spiro atoms. The molecule has 1 aromatic rings. The standard InChI is InChI=1S/C13H21N3O/c1-13(2,17)10-4-3-7-16(9-10)11-5-6-12(14)15-8-11/h5-6,8,10,17H,3-4,7,9H2,1-2H3,(H2,14,15)/t10-/m1/s1. The lowest BCUT2D eigenvalue weighted by Gasteiger charge is -2.39. The molecule has 3 N–H and O–H groups in total. The molecule has 1 aromatic heterocycles. The van der Waals surface area contributed by atoms with Crippen molar-refractivity contribution in [1.29, 1.82) is 0 Å². The molecule has 0 aliphatic carbocycles. The molecular formula is C13H21N3O. The lowest BCUT2D eigenvalue weighted by Crippen LogP contribution is -2.44. The highest BCUT2D eigenvalue weighted by Gasteiger charge is 2.31. The van der Waals surface area contributed by atoms with Gasteiger partial charge in [0.05, 0.1) is 17.5 Å². The highest BCUT2D eigenvalue weighted by atomic mass is 16.3. The van der Waals surface area contributed by atoms with Gasteiger partial charge < -0.3 is 15.7 Å². The minimum Gasteiger partial charge on any atom is -0.390 e. The van der Waals surface area contributed by atoms with E-state index in [0.717, 1.165) is 31.6 Å². The first kappa shape index (κ1) is 12.2. The number of hydrogen-bond donors (Lipinski definition) is 2. The van der Waals surface area contributed by atoms with Gasteiger partial charge in [0.25, 0.3) is 0 Å². The Balaban J connectivity index is 2.09. The van der Waals surface area contributed by atoms with Crippen molar-refractivity contribution in [3.63, 3.8) is 0 Å². The highest BCUT2D eigenvalue weighted by molar-refractivity contribution is 5.48. The van der Waals surface area contributed by atoms with Gasteiger partial charge in [-0.15, -0.1) is 0 Å². The predicted octanol–water partition coefficient (Wildman–Crippen LogP) is 1.65. The Hall–Kier alpha value is -1.29. The van der Waals surface area contributed by atoms with Crippen molar-refractivity contribution in [2.75, 3.05) is 23.7 Å². The number of rotatable bonds is 2. The molecule has 1 aliphatic rings. The van der Waals surface area contributed by atoms with E-state index >= 15 is 0 Å². The van der Waals surface area contributed by atoms with Crippen LogP contribution in [0.25, 0.3) is 0 Å². The SMILES string of the molecule is CC(C)(O)[C@@H]1CCCN(c2ccc(N)nc2)C1. The first-order valence-corrected chi connectivity index (χ1v) is 6.15. The first-order chi connectivity index (χ1) is 7.97. The fourth-order valence-corrected chi connectivity index (χ4v) is 2.37. The summed E-state index contributed by atoms with van der Waals surface area (Å²) >= 11 is 0. The Labute approximate surface area is 102 Å². The second-order valence-electron chi connectivity index (χ2n) is 5.38. The molecule has 0 bridgehead atoms. The summed E-state index contributed by atoms with van der Waals surface area (Å²) < 4.78 is 0. The monoisotopic (exact) mass is 235 g/mol. The second-order valence-corrected chi connectivity index (χ2v) is 5.38. The molecule has 0 aromatic carbocycles. The number of nitrogen functional groups attached to an aromatic ring is 1. The first-order valence-electron chi connectivity index (χ1n) is 6.15. The lowest BCUT2D eigenvalue weighted by molar-refractivity contribution is 0.0110. The van der Waals surface area contributed by atoms with Gasteiger partial charge in [0.2, 0.25) is 0 Å². The van der Waals surface area contributed by atoms with E-state index in [2.05, 4.69) is 9.88 Å². The third kappa shape index (κ3) is 2.88. The Kier molecular flexibility index (Phi) is 3.24. The van der Waals surface area contributed by atoms with Crippen molar-refractivity contribution in [1.82, 2.24) is 4.98 Å². The van der Waals surface area contributed by atoms with Crippen LogP contribution in [0.3, 0.4) is 0 Å². The highest BCUT2D eigenvalue weighted by Crippen LogP contribution is 2.29. The molecule has 1 fully saturated rings. The Bertz CT molecular complexity index is 369. The molecule has 0 amide bonds. The number of aliphatic hydroxyl groups is 1. The Morgan fingerprint density at radius 2 is 2.24 bits per heavy atom. The summed E-state index contributed by atoms with van der Waals surface area (Å²) in [5, 5.41) is 10.1. The van der Waals surface area contributed by atoms with E-state index in [-0.39, 0.29) is 0 Å². The summed E-state index contributed by atoms with van der Waals surface area (Å²) in [7, 11) is 0. The Morgan fingerprint density at radius 1 is 1.47 bits per heavy atom. The number of nitrogens with two attached hydrogens (primary N) is 1. The van der Waals surface area contributed by atoms with Gasteiger partial charge in [-0.05, 0) is 38.8 Å². The van der Waals surface area contributed by atoms with Gasteiger partial charge in [-0.25, -0.2) is 4.98 Å². The van der Waals surface area contributed by atoms with Crippen LogP contribution in [0.15, 0.2) is 18.3 Å². The summed E-state index contributed by atoms with van der Waals surface area (Å²) in [6.07, 6.45) is 4.00. The van der Waals surface area contributed by atoms with Crippen LogP contribution < -0.4 is 10.6 Å². The lowest BCUT2D eigenvalue weighted by atomic mass is 9.84. The van der Waals surface area contributed by atoms with Gasteiger partial charge in [-0.3, -0.25) is 0 Å². The zero-order valence-corrected chi connectivity index (χ0v) is 10.6. The molecule has 4 nitrogen and oxygen atoms in total. The molecule has 0 radical (unpaired) electrons. The summed E-state index contributed by atoms with van der Waals surface area (Å²) in [4.78, 5) is 6.39. The number of piperidine rings is 1. The van der Waals surface area contributed by atoms with E-state index in [9.17, 15) is 5.11 Å². The van der Waals surface area contributed by atoms with E-state index in [1.807, 2.05) is 32.2 Å². The maximum Gasteiger partial charge on any atom is 0.123 e. The van der Waals surface area contributed by atoms with E-state index in [1.165, 1.54) is 0 Å². The smallest absolute Gasteiger partial charge is 0.123 e. The quantitative estimate of drug-likeness (QED) is 0.818. The second kappa shape index (κ2) is 4.53. The molecule has 0 saturated carbocycles. The fourth-order valence-electron chi connectivity index (χ4n) is 2.37. The minimum atomic E-state index is -0.611. The van der Waals surface area contributed by atoms with Gasteiger partial charge in [0.15, 0.2) is 0 Å². The minimum absolute atomic E-state index is 0.314. The summed E-state index contributed by atoms with van der Waals surface area (Å²) in [6, 6.07) is 3.82. The van der Waals surface area contributed by atoms with Crippen LogP contribution in [0.1, 0.15) is 26.7 Å².